The highest BCUT2D eigenvalue weighted by molar-refractivity contribution is 7.19. The van der Waals surface area contributed by atoms with Crippen molar-refractivity contribution in [3.8, 4) is 33.5 Å². The van der Waals surface area contributed by atoms with Crippen molar-refractivity contribution in [2.24, 2.45) is 0 Å². The Balaban J connectivity index is 1.52. The zero-order chi connectivity index (χ0) is 20.2. The van der Waals surface area contributed by atoms with Crippen molar-refractivity contribution in [3.05, 3.63) is 60.1 Å². The summed E-state index contributed by atoms with van der Waals surface area (Å²) < 4.78 is 51.5. The second-order valence-corrected chi connectivity index (χ2v) is 7.21. The van der Waals surface area contributed by atoms with Gasteiger partial charge in [0.15, 0.2) is 16.6 Å². The lowest BCUT2D eigenvalue weighted by Crippen LogP contribution is -2.04. The van der Waals surface area contributed by atoms with Crippen LogP contribution in [0.2, 0.25) is 0 Å². The van der Waals surface area contributed by atoms with Crippen LogP contribution in [0.3, 0.4) is 0 Å². The van der Waals surface area contributed by atoms with Gasteiger partial charge in [-0.05, 0) is 37.3 Å². The molecule has 5 aromatic rings. The number of hydrogen-bond donors (Lipinski definition) is 0. The van der Waals surface area contributed by atoms with Gasteiger partial charge in [-0.1, -0.05) is 23.5 Å². The minimum absolute atomic E-state index is 0.322. The molecular formula is C19H11F3N4O2S. The lowest BCUT2D eigenvalue weighted by Gasteiger charge is -2.07. The SMILES string of the molecule is Cc1occc1-c1nnc2sc(-c3ccc(-c4cccc(C(F)(F)F)c4)o3)nn12. The predicted octanol–water partition coefficient (Wildman–Crippen LogP) is 5.70. The fourth-order valence-corrected chi connectivity index (χ4v) is 3.76. The van der Waals surface area contributed by atoms with Crippen molar-refractivity contribution in [1.29, 1.82) is 0 Å². The molecule has 0 bridgehead atoms. The largest absolute Gasteiger partial charge is 0.469 e. The van der Waals surface area contributed by atoms with E-state index in [0.717, 1.165) is 17.7 Å². The second-order valence-electron chi connectivity index (χ2n) is 6.26. The molecule has 0 unspecified atom stereocenters. The number of nitrogens with zero attached hydrogens (tertiary/aromatic N) is 4. The number of aryl methyl sites for hydroxylation is 1. The predicted molar refractivity (Wildman–Crippen MR) is 99.2 cm³/mol. The molecule has 6 nitrogen and oxygen atoms in total. The monoisotopic (exact) mass is 416 g/mol. The Morgan fingerprint density at radius 3 is 2.62 bits per heavy atom. The van der Waals surface area contributed by atoms with E-state index in [0.29, 0.717) is 38.6 Å². The summed E-state index contributed by atoms with van der Waals surface area (Å²) in [6, 6.07) is 10.1. The Labute approximate surface area is 165 Å². The number of fused-ring (bicyclic) bond motifs is 1. The summed E-state index contributed by atoms with van der Waals surface area (Å²) in [5.74, 6) is 1.99. The third-order valence-electron chi connectivity index (χ3n) is 4.38. The van der Waals surface area contributed by atoms with Crippen LogP contribution in [0.1, 0.15) is 11.3 Å². The maximum absolute atomic E-state index is 13.0. The van der Waals surface area contributed by atoms with Crippen molar-refractivity contribution < 1.29 is 22.0 Å². The van der Waals surface area contributed by atoms with Gasteiger partial charge in [0.25, 0.3) is 0 Å². The molecule has 1 aromatic carbocycles. The minimum atomic E-state index is -4.42. The first kappa shape index (κ1) is 17.7. The Kier molecular flexibility index (Phi) is 3.85. The van der Waals surface area contributed by atoms with E-state index in [1.807, 2.05) is 6.92 Å². The molecule has 0 N–H and O–H groups in total. The maximum atomic E-state index is 13.0. The zero-order valence-electron chi connectivity index (χ0n) is 14.8. The van der Waals surface area contributed by atoms with E-state index in [1.165, 1.54) is 17.4 Å². The van der Waals surface area contributed by atoms with E-state index < -0.39 is 11.7 Å². The minimum Gasteiger partial charge on any atom is -0.469 e. The normalized spacial score (nSPS) is 12.1. The Morgan fingerprint density at radius 2 is 1.86 bits per heavy atom. The molecule has 5 rings (SSSR count). The van der Waals surface area contributed by atoms with Gasteiger partial charge in [0, 0.05) is 5.56 Å². The molecule has 0 aliphatic carbocycles. The highest BCUT2D eigenvalue weighted by Gasteiger charge is 2.30. The third kappa shape index (κ3) is 3.01. The van der Waals surface area contributed by atoms with Crippen LogP contribution in [0.25, 0.3) is 38.4 Å². The second kappa shape index (κ2) is 6.31. The van der Waals surface area contributed by atoms with Crippen molar-refractivity contribution >= 4 is 16.3 Å². The van der Waals surface area contributed by atoms with Crippen LogP contribution in [-0.4, -0.2) is 19.8 Å². The summed E-state index contributed by atoms with van der Waals surface area (Å²) in [6.07, 6.45) is -2.85. The molecule has 10 heteroatoms. The lowest BCUT2D eigenvalue weighted by atomic mass is 10.1. The summed E-state index contributed by atoms with van der Waals surface area (Å²) in [6.45, 7) is 1.82. The number of hydrogen-bond acceptors (Lipinski definition) is 6. The van der Waals surface area contributed by atoms with Crippen LogP contribution in [0, 0.1) is 6.92 Å². The van der Waals surface area contributed by atoms with Gasteiger partial charge >= 0.3 is 6.18 Å². The molecule has 0 saturated heterocycles. The molecular weight excluding hydrogens is 405 g/mol. The summed E-state index contributed by atoms with van der Waals surface area (Å²) in [4.78, 5) is 0.563. The van der Waals surface area contributed by atoms with Crippen LogP contribution in [0.5, 0.6) is 0 Å². The molecule has 0 radical (unpaired) electrons. The first-order chi connectivity index (χ1) is 13.9. The van der Waals surface area contributed by atoms with Crippen LogP contribution < -0.4 is 0 Å². The van der Waals surface area contributed by atoms with E-state index >= 15 is 0 Å². The molecule has 0 aliphatic heterocycles. The summed E-state index contributed by atoms with van der Waals surface area (Å²) in [5, 5.41) is 13.3. The van der Waals surface area contributed by atoms with Crippen LogP contribution in [0.15, 0.2) is 57.6 Å². The molecule has 0 saturated carbocycles. The maximum Gasteiger partial charge on any atom is 0.416 e. The number of benzene rings is 1. The quantitative estimate of drug-likeness (QED) is 0.377. The number of aromatic nitrogens is 4. The van der Waals surface area contributed by atoms with Crippen molar-refractivity contribution in [2.75, 3.05) is 0 Å². The van der Waals surface area contributed by atoms with Gasteiger partial charge in [-0.2, -0.15) is 17.7 Å². The van der Waals surface area contributed by atoms with Gasteiger partial charge in [0.2, 0.25) is 4.96 Å². The molecule has 4 heterocycles. The smallest absolute Gasteiger partial charge is 0.416 e. The summed E-state index contributed by atoms with van der Waals surface area (Å²) in [5.41, 5.74) is 0.383. The van der Waals surface area contributed by atoms with Crippen LogP contribution >= 0.6 is 11.3 Å². The van der Waals surface area contributed by atoms with E-state index in [4.69, 9.17) is 8.83 Å². The molecule has 0 spiro atoms. The highest BCUT2D eigenvalue weighted by atomic mass is 32.1. The molecule has 29 heavy (non-hydrogen) atoms. The highest BCUT2D eigenvalue weighted by Crippen LogP contribution is 2.35. The summed E-state index contributed by atoms with van der Waals surface area (Å²) >= 11 is 1.26. The molecule has 4 aromatic heterocycles. The van der Waals surface area contributed by atoms with E-state index in [2.05, 4.69) is 15.3 Å². The Bertz CT molecular complexity index is 1330. The van der Waals surface area contributed by atoms with Crippen LogP contribution in [-0.2, 0) is 6.18 Å². The van der Waals surface area contributed by atoms with E-state index in [-0.39, 0.29) is 0 Å². The number of alkyl halides is 3. The zero-order valence-corrected chi connectivity index (χ0v) is 15.6. The van der Waals surface area contributed by atoms with Gasteiger partial charge < -0.3 is 8.83 Å². The van der Waals surface area contributed by atoms with Gasteiger partial charge in [-0.3, -0.25) is 0 Å². The lowest BCUT2D eigenvalue weighted by molar-refractivity contribution is -0.137. The topological polar surface area (TPSA) is 69.4 Å². The van der Waals surface area contributed by atoms with E-state index in [1.54, 1.807) is 35.0 Å². The first-order valence-corrected chi connectivity index (χ1v) is 9.26. The molecule has 0 amide bonds. The molecule has 0 fully saturated rings. The standard InChI is InChI=1S/C19H11F3N4O2S/c1-10-13(7-8-27-10)16-23-24-18-26(16)25-17(29-18)15-6-5-14(28-15)11-3-2-4-12(9-11)19(20,21)22/h2-9H,1H3. The summed E-state index contributed by atoms with van der Waals surface area (Å²) in [7, 11) is 0. The fraction of sp³-hybridized carbons (Fsp3) is 0.105. The van der Waals surface area contributed by atoms with Gasteiger partial charge in [-0.15, -0.1) is 15.3 Å². The van der Waals surface area contributed by atoms with Gasteiger partial charge in [0.05, 0.1) is 17.4 Å². The fourth-order valence-electron chi connectivity index (χ4n) is 2.96. The Morgan fingerprint density at radius 1 is 1.03 bits per heavy atom. The Hall–Kier alpha value is -3.40. The molecule has 146 valence electrons. The van der Waals surface area contributed by atoms with Crippen molar-refractivity contribution in [2.45, 2.75) is 13.1 Å². The third-order valence-corrected chi connectivity index (χ3v) is 5.30. The number of rotatable bonds is 3. The molecule has 0 aliphatic rings. The van der Waals surface area contributed by atoms with E-state index in [9.17, 15) is 13.2 Å². The average Bonchev–Trinajstić information content (AvgIpc) is 3.44. The average molecular weight is 416 g/mol. The number of halogens is 3. The number of furan rings is 2. The van der Waals surface area contributed by atoms with Crippen molar-refractivity contribution in [3.63, 3.8) is 0 Å². The van der Waals surface area contributed by atoms with Crippen LogP contribution in [0.4, 0.5) is 13.2 Å². The van der Waals surface area contributed by atoms with Gasteiger partial charge in [0.1, 0.15) is 11.5 Å². The first-order valence-electron chi connectivity index (χ1n) is 8.45. The van der Waals surface area contributed by atoms with Gasteiger partial charge in [-0.25, -0.2) is 0 Å². The molecule has 0 atom stereocenters. The van der Waals surface area contributed by atoms with Crippen molar-refractivity contribution in [1.82, 2.24) is 19.8 Å².